The molecular formula is C29H33FN2O3Si. The lowest BCUT2D eigenvalue weighted by Crippen LogP contribution is -2.32. The van der Waals surface area contributed by atoms with Crippen molar-refractivity contribution < 1.29 is 18.7 Å². The van der Waals surface area contributed by atoms with Gasteiger partial charge in [-0.2, -0.15) is 0 Å². The molecule has 0 saturated carbocycles. The minimum Gasteiger partial charge on any atom is -0.450 e. The van der Waals surface area contributed by atoms with E-state index in [1.54, 1.807) is 17.0 Å². The number of rotatable bonds is 6. The van der Waals surface area contributed by atoms with Crippen molar-refractivity contribution in [1.29, 1.82) is 0 Å². The first kappa shape index (κ1) is 25.8. The lowest BCUT2D eigenvalue weighted by molar-refractivity contribution is 0.102. The molecule has 1 aromatic heterocycles. The van der Waals surface area contributed by atoms with Crippen LogP contribution in [0.25, 0.3) is 22.4 Å². The number of carbonyl (C=O) groups excluding carboxylic acids is 2. The molecule has 4 rings (SSSR count). The third kappa shape index (κ3) is 5.41. The van der Waals surface area contributed by atoms with Gasteiger partial charge in [0.05, 0.1) is 31.1 Å². The first-order valence-corrected chi connectivity index (χ1v) is 16.1. The highest BCUT2D eigenvalue weighted by atomic mass is 28.3. The van der Waals surface area contributed by atoms with Gasteiger partial charge in [0.25, 0.3) is 0 Å². The van der Waals surface area contributed by atoms with Gasteiger partial charge in [-0.1, -0.05) is 69.9 Å². The Morgan fingerprint density at radius 2 is 1.81 bits per heavy atom. The summed E-state index contributed by atoms with van der Waals surface area (Å²) >= 11 is 0. The molecule has 0 aliphatic carbocycles. The van der Waals surface area contributed by atoms with Gasteiger partial charge in [-0.05, 0) is 35.2 Å². The Hall–Kier alpha value is -3.32. The molecule has 0 fully saturated rings. The van der Waals surface area contributed by atoms with E-state index >= 15 is 0 Å². The highest BCUT2D eigenvalue weighted by Crippen LogP contribution is 2.41. The molecule has 2 aromatic carbocycles. The molecule has 1 aliphatic rings. The number of benzene rings is 2. The van der Waals surface area contributed by atoms with Crippen molar-refractivity contribution in [1.82, 2.24) is 9.88 Å². The molecule has 0 N–H and O–H groups in total. The molecule has 188 valence electrons. The first-order valence-electron chi connectivity index (χ1n) is 12.4. The van der Waals surface area contributed by atoms with Gasteiger partial charge in [-0.3, -0.25) is 14.7 Å². The van der Waals surface area contributed by atoms with Crippen LogP contribution in [0.2, 0.25) is 25.7 Å². The molecule has 1 amide bonds. The van der Waals surface area contributed by atoms with Crippen LogP contribution in [0.5, 0.6) is 0 Å². The second kappa shape index (κ2) is 10.3. The molecule has 0 saturated heterocycles. The zero-order valence-corrected chi connectivity index (χ0v) is 22.6. The fourth-order valence-electron chi connectivity index (χ4n) is 4.55. The number of hydrogen-bond donors (Lipinski definition) is 0. The minimum atomic E-state index is -1.36. The number of amides is 1. The predicted molar refractivity (Wildman–Crippen MR) is 143 cm³/mol. The summed E-state index contributed by atoms with van der Waals surface area (Å²) < 4.78 is 19.5. The molecule has 2 heterocycles. The summed E-state index contributed by atoms with van der Waals surface area (Å²) in [6, 6.07) is 14.9. The maximum atomic E-state index is 13.8. The van der Waals surface area contributed by atoms with Crippen LogP contribution >= 0.6 is 0 Å². The van der Waals surface area contributed by atoms with Crippen molar-refractivity contribution in [3.8, 4) is 22.4 Å². The summed E-state index contributed by atoms with van der Waals surface area (Å²) in [4.78, 5) is 32.4. The SMILES string of the molecule is CC(C)c1nc2c(c(-c3ccc(F)cc3)c1C=O)CN(C(=O)OCC[Si](C)(C)C)Cc1ccccc1-2. The van der Waals surface area contributed by atoms with E-state index in [2.05, 4.69) is 19.6 Å². The molecule has 0 radical (unpaired) electrons. The zero-order valence-electron chi connectivity index (χ0n) is 21.6. The number of carbonyl (C=O) groups is 2. The average Bonchev–Trinajstić information content (AvgIpc) is 2.99. The number of nitrogens with zero attached hydrogens (tertiary/aromatic N) is 2. The van der Waals surface area contributed by atoms with Gasteiger partial charge in [0.15, 0.2) is 6.29 Å². The summed E-state index contributed by atoms with van der Waals surface area (Å²) in [6.07, 6.45) is 0.441. The van der Waals surface area contributed by atoms with Crippen molar-refractivity contribution in [2.45, 2.75) is 58.5 Å². The fraction of sp³-hybridized carbons (Fsp3) is 0.345. The number of aromatic nitrogens is 1. The van der Waals surface area contributed by atoms with E-state index in [4.69, 9.17) is 9.72 Å². The number of ether oxygens (including phenoxy) is 1. The Morgan fingerprint density at radius 3 is 2.44 bits per heavy atom. The van der Waals surface area contributed by atoms with Gasteiger partial charge in [-0.15, -0.1) is 0 Å². The van der Waals surface area contributed by atoms with Crippen molar-refractivity contribution >= 4 is 20.5 Å². The van der Waals surface area contributed by atoms with Gasteiger partial charge in [-0.25, -0.2) is 9.18 Å². The topological polar surface area (TPSA) is 59.5 Å². The smallest absolute Gasteiger partial charge is 0.410 e. The third-order valence-electron chi connectivity index (χ3n) is 6.48. The molecule has 0 unspecified atom stereocenters. The van der Waals surface area contributed by atoms with Gasteiger partial charge >= 0.3 is 6.09 Å². The van der Waals surface area contributed by atoms with Gasteiger partial charge in [0, 0.05) is 30.3 Å². The summed E-state index contributed by atoms with van der Waals surface area (Å²) in [5.41, 5.74) is 5.96. The van der Waals surface area contributed by atoms with E-state index in [9.17, 15) is 14.0 Å². The van der Waals surface area contributed by atoms with E-state index in [0.717, 1.165) is 34.7 Å². The molecule has 5 nitrogen and oxygen atoms in total. The molecule has 0 atom stereocenters. The van der Waals surface area contributed by atoms with E-state index in [1.807, 2.05) is 38.1 Å². The highest BCUT2D eigenvalue weighted by molar-refractivity contribution is 6.76. The molecule has 7 heteroatoms. The lowest BCUT2D eigenvalue weighted by atomic mass is 9.88. The van der Waals surface area contributed by atoms with Crippen molar-refractivity contribution in [2.24, 2.45) is 0 Å². The highest BCUT2D eigenvalue weighted by Gasteiger charge is 2.30. The second-order valence-corrected chi connectivity index (χ2v) is 16.5. The van der Waals surface area contributed by atoms with E-state index in [-0.39, 0.29) is 24.4 Å². The van der Waals surface area contributed by atoms with Gasteiger partial charge in [0.2, 0.25) is 0 Å². The Labute approximate surface area is 213 Å². The van der Waals surface area contributed by atoms with E-state index in [1.165, 1.54) is 12.1 Å². The van der Waals surface area contributed by atoms with E-state index in [0.29, 0.717) is 35.5 Å². The zero-order chi connectivity index (χ0) is 26.0. The van der Waals surface area contributed by atoms with Crippen LogP contribution in [0.1, 0.15) is 46.9 Å². The molecule has 3 aromatic rings. The van der Waals surface area contributed by atoms with Gasteiger partial charge in [0.1, 0.15) is 5.82 Å². The molecule has 0 bridgehead atoms. The average molecular weight is 505 g/mol. The van der Waals surface area contributed by atoms with Crippen molar-refractivity contribution in [3.63, 3.8) is 0 Å². The Balaban J connectivity index is 1.90. The maximum absolute atomic E-state index is 13.8. The maximum Gasteiger partial charge on any atom is 0.410 e. The first-order chi connectivity index (χ1) is 17.1. The quantitative estimate of drug-likeness (QED) is 0.261. The standard InChI is InChI=1S/C29H33FN2O3Si/c1-19(2)27-25(18-33)26(20-10-12-22(30)13-11-20)24-17-32(29(34)35-14-15-36(3,4)5)16-21-8-6-7-9-23(21)28(24)31-27/h6-13,18-19H,14-17H2,1-5H3. The van der Waals surface area contributed by atoms with E-state index < -0.39 is 8.07 Å². The second-order valence-electron chi connectivity index (χ2n) is 10.8. The number of aldehydes is 1. The number of fused-ring (bicyclic) bond motifs is 3. The van der Waals surface area contributed by atoms with Gasteiger partial charge < -0.3 is 4.74 Å². The molecule has 0 spiro atoms. The number of hydrogen-bond acceptors (Lipinski definition) is 4. The lowest BCUT2D eigenvalue weighted by Gasteiger charge is -2.24. The minimum absolute atomic E-state index is 0.00672. The molecule has 1 aliphatic heterocycles. The largest absolute Gasteiger partial charge is 0.450 e. The Kier molecular flexibility index (Phi) is 7.40. The van der Waals surface area contributed by atoms with Crippen molar-refractivity contribution in [3.05, 3.63) is 76.7 Å². The Morgan fingerprint density at radius 1 is 1.11 bits per heavy atom. The number of halogens is 1. The van der Waals surface area contributed by atoms with Crippen LogP contribution in [0.4, 0.5) is 9.18 Å². The fourth-order valence-corrected chi connectivity index (χ4v) is 5.26. The van der Waals surface area contributed by atoms with Crippen LogP contribution in [0, 0.1) is 5.82 Å². The van der Waals surface area contributed by atoms with Crippen LogP contribution in [-0.2, 0) is 17.8 Å². The van der Waals surface area contributed by atoms with Crippen LogP contribution in [0.3, 0.4) is 0 Å². The van der Waals surface area contributed by atoms with Crippen LogP contribution < -0.4 is 0 Å². The van der Waals surface area contributed by atoms with Crippen molar-refractivity contribution in [2.75, 3.05) is 6.61 Å². The predicted octanol–water partition coefficient (Wildman–Crippen LogP) is 7.28. The molecular weight excluding hydrogens is 471 g/mol. The number of pyridine rings is 1. The third-order valence-corrected chi connectivity index (χ3v) is 8.19. The summed E-state index contributed by atoms with van der Waals surface area (Å²) in [6.45, 7) is 11.7. The monoisotopic (exact) mass is 504 g/mol. The van der Waals surface area contributed by atoms with Crippen LogP contribution in [0.15, 0.2) is 48.5 Å². The summed E-state index contributed by atoms with van der Waals surface area (Å²) in [5, 5.41) is 0. The summed E-state index contributed by atoms with van der Waals surface area (Å²) in [5.74, 6) is -0.360. The Bertz CT molecular complexity index is 1280. The molecule has 36 heavy (non-hydrogen) atoms. The summed E-state index contributed by atoms with van der Waals surface area (Å²) in [7, 11) is -1.36. The van der Waals surface area contributed by atoms with Crippen LogP contribution in [-0.4, -0.2) is 36.9 Å². The normalized spacial score (nSPS) is 13.1.